The van der Waals surface area contributed by atoms with E-state index in [0.29, 0.717) is 10.3 Å². The van der Waals surface area contributed by atoms with Crippen molar-refractivity contribution in [1.82, 2.24) is 14.8 Å². The first kappa shape index (κ1) is 11.5. The highest BCUT2D eigenvalue weighted by atomic mass is 79.9. The Labute approximate surface area is 105 Å². The highest BCUT2D eigenvalue weighted by Crippen LogP contribution is 2.16. The monoisotopic (exact) mass is 295 g/mol. The Bertz CT molecular complexity index is 601. The molecule has 2 N–H and O–H groups in total. The fourth-order valence-corrected chi connectivity index (χ4v) is 1.78. The molecule has 0 saturated carbocycles. The minimum absolute atomic E-state index is 0.00621. The van der Waals surface area contributed by atoms with Crippen LogP contribution in [-0.2, 0) is 6.54 Å². The molecule has 86 valence electrons. The summed E-state index contributed by atoms with van der Waals surface area (Å²) in [5.41, 5.74) is 5.77. The van der Waals surface area contributed by atoms with Crippen LogP contribution in [-0.4, -0.2) is 14.8 Å². The van der Waals surface area contributed by atoms with Gasteiger partial charge in [-0.15, -0.1) is 5.10 Å². The van der Waals surface area contributed by atoms with Gasteiger partial charge in [-0.25, -0.2) is 9.07 Å². The van der Waals surface area contributed by atoms with E-state index in [1.165, 1.54) is 10.7 Å². The first-order chi connectivity index (χ1) is 8.11. The van der Waals surface area contributed by atoms with Crippen LogP contribution in [0.1, 0.15) is 11.1 Å². The number of benzene rings is 1. The molecule has 0 saturated heterocycles. The second kappa shape index (κ2) is 4.51. The average Bonchev–Trinajstić information content (AvgIpc) is 2.60. The number of nitrogens with zero attached hydrogens (tertiary/aromatic N) is 4. The number of hydrogen-bond acceptors (Lipinski definition) is 4. The molecule has 5 nitrogen and oxygen atoms in total. The highest BCUT2D eigenvalue weighted by molar-refractivity contribution is 9.10. The number of halogens is 2. The maximum atomic E-state index is 13.8. The van der Waals surface area contributed by atoms with Gasteiger partial charge in [0.05, 0.1) is 12.1 Å². The van der Waals surface area contributed by atoms with E-state index in [4.69, 9.17) is 11.0 Å². The van der Waals surface area contributed by atoms with E-state index >= 15 is 0 Å². The van der Waals surface area contributed by atoms with E-state index in [9.17, 15) is 4.39 Å². The van der Waals surface area contributed by atoms with Crippen molar-refractivity contribution < 1.29 is 4.39 Å². The maximum Gasteiger partial charge on any atom is 0.240 e. The molecule has 0 bridgehead atoms. The van der Waals surface area contributed by atoms with Crippen molar-refractivity contribution in [3.05, 3.63) is 39.9 Å². The second-order valence-electron chi connectivity index (χ2n) is 3.29. The molecule has 7 heteroatoms. The third-order valence-corrected chi connectivity index (χ3v) is 2.75. The van der Waals surface area contributed by atoms with Gasteiger partial charge in [0.2, 0.25) is 5.95 Å². The van der Waals surface area contributed by atoms with Gasteiger partial charge in [-0.2, -0.15) is 10.2 Å². The Morgan fingerprint density at radius 1 is 1.53 bits per heavy atom. The molecule has 0 unspecified atom stereocenters. The third-order valence-electron chi connectivity index (χ3n) is 2.16. The summed E-state index contributed by atoms with van der Waals surface area (Å²) in [5, 5.41) is 12.6. The Morgan fingerprint density at radius 2 is 2.29 bits per heavy atom. The topological polar surface area (TPSA) is 80.5 Å². The van der Waals surface area contributed by atoms with Gasteiger partial charge in [0.1, 0.15) is 11.9 Å². The van der Waals surface area contributed by atoms with Crippen LogP contribution in [0.3, 0.4) is 0 Å². The summed E-state index contributed by atoms with van der Waals surface area (Å²) in [6.07, 6.45) is 0. The van der Waals surface area contributed by atoms with Crippen LogP contribution in [0.25, 0.3) is 0 Å². The first-order valence-electron chi connectivity index (χ1n) is 4.65. The van der Waals surface area contributed by atoms with Crippen molar-refractivity contribution >= 4 is 21.9 Å². The molecule has 0 atom stereocenters. The second-order valence-corrected chi connectivity index (χ2v) is 4.00. The van der Waals surface area contributed by atoms with Crippen molar-refractivity contribution in [3.8, 4) is 6.07 Å². The van der Waals surface area contributed by atoms with Crippen LogP contribution in [0.5, 0.6) is 0 Å². The summed E-state index contributed by atoms with van der Waals surface area (Å²) >= 11 is 3.16. The van der Waals surface area contributed by atoms with Crippen LogP contribution in [0.15, 0.2) is 22.9 Å². The molecule has 1 aromatic carbocycles. The van der Waals surface area contributed by atoms with Crippen LogP contribution in [0.2, 0.25) is 0 Å². The van der Waals surface area contributed by atoms with Gasteiger partial charge < -0.3 is 5.73 Å². The standard InChI is InChI=1S/C10H7BrFN5/c11-9-15-10(14)16-17(9)5-7-3-1-2-6(4-13)8(7)12/h1-3H,5H2,(H2,14,16). The summed E-state index contributed by atoms with van der Waals surface area (Å²) in [6.45, 7) is 0.159. The van der Waals surface area contributed by atoms with Gasteiger partial charge in [-0.05, 0) is 22.0 Å². The normalized spacial score (nSPS) is 10.2. The van der Waals surface area contributed by atoms with E-state index in [1.54, 1.807) is 18.2 Å². The first-order valence-corrected chi connectivity index (χ1v) is 5.44. The number of nitrogens with two attached hydrogens (primary N) is 1. The molecule has 1 heterocycles. The van der Waals surface area contributed by atoms with Crippen molar-refractivity contribution in [2.75, 3.05) is 5.73 Å². The fourth-order valence-electron chi connectivity index (χ4n) is 1.39. The van der Waals surface area contributed by atoms with Crippen molar-refractivity contribution in [1.29, 1.82) is 5.26 Å². The SMILES string of the molecule is N#Cc1cccc(Cn2nc(N)nc2Br)c1F. The lowest BCUT2D eigenvalue weighted by Crippen LogP contribution is -2.05. The molecule has 2 rings (SSSR count). The third kappa shape index (κ3) is 2.26. The van der Waals surface area contributed by atoms with E-state index in [1.807, 2.05) is 0 Å². The lowest BCUT2D eigenvalue weighted by atomic mass is 10.1. The Balaban J connectivity index is 2.37. The number of rotatable bonds is 2. The van der Waals surface area contributed by atoms with Crippen LogP contribution >= 0.6 is 15.9 Å². The average molecular weight is 296 g/mol. The lowest BCUT2D eigenvalue weighted by molar-refractivity contribution is 0.578. The molecule has 0 aliphatic heterocycles. The summed E-state index contributed by atoms with van der Waals surface area (Å²) in [4.78, 5) is 3.84. The van der Waals surface area contributed by atoms with E-state index < -0.39 is 5.82 Å². The highest BCUT2D eigenvalue weighted by Gasteiger charge is 2.11. The lowest BCUT2D eigenvalue weighted by Gasteiger charge is -2.04. The Morgan fingerprint density at radius 3 is 2.88 bits per heavy atom. The van der Waals surface area contributed by atoms with Gasteiger partial charge >= 0.3 is 0 Å². The molecular formula is C10H7BrFN5. The molecule has 0 fully saturated rings. The van der Waals surface area contributed by atoms with Gasteiger partial charge in [0.25, 0.3) is 0 Å². The number of nitriles is 1. The molecule has 17 heavy (non-hydrogen) atoms. The molecule has 0 amide bonds. The molecule has 0 spiro atoms. The zero-order chi connectivity index (χ0) is 12.4. The quantitative estimate of drug-likeness (QED) is 0.914. The summed E-state index contributed by atoms with van der Waals surface area (Å²) < 4.78 is 15.6. The zero-order valence-electron chi connectivity index (χ0n) is 8.56. The van der Waals surface area contributed by atoms with Gasteiger partial charge in [-0.3, -0.25) is 0 Å². The zero-order valence-corrected chi connectivity index (χ0v) is 10.1. The molecule has 2 aromatic rings. The van der Waals surface area contributed by atoms with Gasteiger partial charge in [0.15, 0.2) is 4.73 Å². The van der Waals surface area contributed by atoms with Gasteiger partial charge in [-0.1, -0.05) is 12.1 Å². The van der Waals surface area contributed by atoms with Crippen molar-refractivity contribution in [2.24, 2.45) is 0 Å². The van der Waals surface area contributed by atoms with Crippen LogP contribution < -0.4 is 5.73 Å². The van der Waals surface area contributed by atoms with E-state index in [-0.39, 0.29) is 18.1 Å². The Kier molecular flexibility index (Phi) is 3.06. The van der Waals surface area contributed by atoms with Crippen LogP contribution in [0, 0.1) is 17.1 Å². The molecule has 0 aliphatic rings. The molecule has 1 aromatic heterocycles. The fraction of sp³-hybridized carbons (Fsp3) is 0.100. The van der Waals surface area contributed by atoms with Crippen LogP contribution in [0.4, 0.5) is 10.3 Å². The molecular weight excluding hydrogens is 289 g/mol. The van der Waals surface area contributed by atoms with E-state index in [0.717, 1.165) is 0 Å². The Hall–Kier alpha value is -1.94. The van der Waals surface area contributed by atoms with E-state index in [2.05, 4.69) is 26.0 Å². The van der Waals surface area contributed by atoms with Crippen molar-refractivity contribution in [2.45, 2.75) is 6.54 Å². The number of anilines is 1. The smallest absolute Gasteiger partial charge is 0.240 e. The number of aromatic nitrogens is 3. The number of nitrogen functional groups attached to an aromatic ring is 1. The summed E-state index contributed by atoms with van der Waals surface area (Å²) in [6, 6.07) is 6.40. The maximum absolute atomic E-state index is 13.8. The van der Waals surface area contributed by atoms with Crippen molar-refractivity contribution in [3.63, 3.8) is 0 Å². The van der Waals surface area contributed by atoms with Gasteiger partial charge in [0, 0.05) is 5.56 Å². The summed E-state index contributed by atoms with van der Waals surface area (Å²) in [5.74, 6) is -0.440. The predicted octanol–water partition coefficient (Wildman–Crippen LogP) is 1.68. The molecule has 0 aliphatic carbocycles. The largest absolute Gasteiger partial charge is 0.366 e. The minimum atomic E-state index is -0.545. The predicted molar refractivity (Wildman–Crippen MR) is 62.4 cm³/mol. The molecule has 0 radical (unpaired) electrons. The number of hydrogen-bond donors (Lipinski definition) is 1. The summed E-state index contributed by atoms with van der Waals surface area (Å²) in [7, 11) is 0. The minimum Gasteiger partial charge on any atom is -0.366 e.